The van der Waals surface area contributed by atoms with Crippen molar-refractivity contribution in [3.05, 3.63) is 34.3 Å². The number of nitrogens with one attached hydrogen (secondary N) is 1. The average Bonchev–Trinajstić information content (AvgIpc) is 2.38. The van der Waals surface area contributed by atoms with Crippen LogP contribution in [0.3, 0.4) is 0 Å². The number of halogens is 1. The summed E-state index contributed by atoms with van der Waals surface area (Å²) < 4.78 is 1.21. The standard InChI is InChI=1S/C18H28BrN/c1-13(14-9-5-7-11-16(14)19)20-17-12-8-6-10-15(17)18(2,3)4/h5,7,9,11,13,15,17,20H,6,8,10,12H2,1-4H3/t13-,15?,17?/m0/s1. The summed E-state index contributed by atoms with van der Waals surface area (Å²) >= 11 is 3.68. The summed E-state index contributed by atoms with van der Waals surface area (Å²) in [7, 11) is 0. The van der Waals surface area contributed by atoms with Crippen LogP contribution in [0, 0.1) is 11.3 Å². The van der Waals surface area contributed by atoms with Crippen LogP contribution in [-0.4, -0.2) is 6.04 Å². The average molecular weight is 338 g/mol. The maximum Gasteiger partial charge on any atom is 0.0305 e. The monoisotopic (exact) mass is 337 g/mol. The SMILES string of the molecule is C[C@H](NC1CCCCC1C(C)(C)C)c1ccccc1Br. The summed E-state index contributed by atoms with van der Waals surface area (Å²) in [5, 5.41) is 3.90. The second-order valence-corrected chi connectivity index (χ2v) is 8.13. The Morgan fingerprint density at radius 3 is 2.45 bits per heavy atom. The molecule has 0 radical (unpaired) electrons. The molecule has 0 amide bonds. The molecule has 0 spiro atoms. The van der Waals surface area contributed by atoms with Gasteiger partial charge in [0.1, 0.15) is 0 Å². The summed E-state index contributed by atoms with van der Waals surface area (Å²) in [6, 6.07) is 9.61. The van der Waals surface area contributed by atoms with Crippen molar-refractivity contribution < 1.29 is 0 Å². The van der Waals surface area contributed by atoms with Crippen molar-refractivity contribution in [3.63, 3.8) is 0 Å². The Morgan fingerprint density at radius 2 is 1.80 bits per heavy atom. The van der Waals surface area contributed by atoms with Crippen molar-refractivity contribution in [2.24, 2.45) is 11.3 Å². The molecular weight excluding hydrogens is 310 g/mol. The fourth-order valence-electron chi connectivity index (χ4n) is 3.60. The van der Waals surface area contributed by atoms with Gasteiger partial charge in [-0.3, -0.25) is 0 Å². The van der Waals surface area contributed by atoms with Crippen molar-refractivity contribution in [3.8, 4) is 0 Å². The minimum absolute atomic E-state index is 0.395. The third-order valence-electron chi connectivity index (χ3n) is 4.71. The molecule has 1 N–H and O–H groups in total. The Hall–Kier alpha value is -0.340. The van der Waals surface area contributed by atoms with E-state index in [4.69, 9.17) is 0 Å². The Bertz CT molecular complexity index is 435. The third kappa shape index (κ3) is 3.85. The van der Waals surface area contributed by atoms with Gasteiger partial charge < -0.3 is 5.32 Å². The van der Waals surface area contributed by atoms with E-state index in [0.717, 1.165) is 5.92 Å². The summed E-state index contributed by atoms with van der Waals surface area (Å²) in [6.07, 6.45) is 5.44. The highest BCUT2D eigenvalue weighted by Crippen LogP contribution is 2.39. The molecule has 1 saturated carbocycles. The Morgan fingerprint density at radius 1 is 1.15 bits per heavy atom. The fraction of sp³-hybridized carbons (Fsp3) is 0.667. The van der Waals surface area contributed by atoms with Crippen molar-refractivity contribution in [1.29, 1.82) is 0 Å². The maximum absolute atomic E-state index is 3.90. The number of rotatable bonds is 3. The van der Waals surface area contributed by atoms with E-state index in [0.29, 0.717) is 17.5 Å². The largest absolute Gasteiger partial charge is 0.307 e. The maximum atomic E-state index is 3.90. The zero-order chi connectivity index (χ0) is 14.8. The van der Waals surface area contributed by atoms with Gasteiger partial charge in [0.2, 0.25) is 0 Å². The lowest BCUT2D eigenvalue weighted by atomic mass is 9.69. The molecule has 2 heteroatoms. The van der Waals surface area contributed by atoms with Crippen LogP contribution in [0.4, 0.5) is 0 Å². The van der Waals surface area contributed by atoms with E-state index in [2.05, 4.69) is 73.2 Å². The Kier molecular flexibility index (Phi) is 5.30. The quantitative estimate of drug-likeness (QED) is 0.745. The second-order valence-electron chi connectivity index (χ2n) is 7.27. The van der Waals surface area contributed by atoms with Gasteiger partial charge in [0.15, 0.2) is 0 Å². The highest BCUT2D eigenvalue weighted by Gasteiger charge is 2.34. The van der Waals surface area contributed by atoms with Gasteiger partial charge in [-0.05, 0) is 42.7 Å². The minimum atomic E-state index is 0.395. The van der Waals surface area contributed by atoms with E-state index in [1.165, 1.54) is 35.7 Å². The molecule has 0 heterocycles. The van der Waals surface area contributed by atoms with Crippen LogP contribution in [0.1, 0.15) is 65.0 Å². The van der Waals surface area contributed by atoms with Gasteiger partial charge in [0, 0.05) is 16.6 Å². The van der Waals surface area contributed by atoms with E-state index >= 15 is 0 Å². The molecule has 3 atom stereocenters. The molecule has 1 aromatic rings. The summed E-state index contributed by atoms with van der Waals surface area (Å²) in [5.41, 5.74) is 1.76. The molecule has 0 aliphatic heterocycles. The van der Waals surface area contributed by atoms with Crippen molar-refractivity contribution >= 4 is 15.9 Å². The van der Waals surface area contributed by atoms with E-state index < -0.39 is 0 Å². The van der Waals surface area contributed by atoms with Crippen LogP contribution in [0.25, 0.3) is 0 Å². The van der Waals surface area contributed by atoms with Crippen LogP contribution < -0.4 is 5.32 Å². The molecule has 1 fully saturated rings. The van der Waals surface area contributed by atoms with E-state index in [9.17, 15) is 0 Å². The van der Waals surface area contributed by atoms with Gasteiger partial charge in [0.25, 0.3) is 0 Å². The first-order valence-electron chi connectivity index (χ1n) is 7.90. The molecular formula is C18H28BrN. The second kappa shape index (κ2) is 6.62. The van der Waals surface area contributed by atoms with E-state index in [1.54, 1.807) is 0 Å². The first-order valence-corrected chi connectivity index (χ1v) is 8.69. The van der Waals surface area contributed by atoms with Crippen LogP contribution in [0.5, 0.6) is 0 Å². The van der Waals surface area contributed by atoms with Crippen molar-refractivity contribution in [2.45, 2.75) is 65.5 Å². The molecule has 0 aromatic heterocycles. The number of benzene rings is 1. The third-order valence-corrected chi connectivity index (χ3v) is 5.44. The number of hydrogen-bond acceptors (Lipinski definition) is 1. The van der Waals surface area contributed by atoms with Crippen LogP contribution >= 0.6 is 15.9 Å². The van der Waals surface area contributed by atoms with Gasteiger partial charge in [0.05, 0.1) is 0 Å². The molecule has 0 bridgehead atoms. The van der Waals surface area contributed by atoms with Crippen LogP contribution in [0.15, 0.2) is 28.7 Å². The summed E-state index contributed by atoms with van der Waals surface area (Å²) in [4.78, 5) is 0. The minimum Gasteiger partial charge on any atom is -0.307 e. The first kappa shape index (κ1) is 16.0. The molecule has 2 rings (SSSR count). The lowest BCUT2D eigenvalue weighted by Crippen LogP contribution is -2.45. The molecule has 0 saturated heterocycles. The van der Waals surface area contributed by atoms with Gasteiger partial charge in [-0.2, -0.15) is 0 Å². The highest BCUT2D eigenvalue weighted by molar-refractivity contribution is 9.10. The van der Waals surface area contributed by atoms with Gasteiger partial charge in [-0.1, -0.05) is 67.7 Å². The van der Waals surface area contributed by atoms with E-state index in [-0.39, 0.29) is 0 Å². The Labute approximate surface area is 132 Å². The van der Waals surface area contributed by atoms with Crippen LogP contribution in [-0.2, 0) is 0 Å². The highest BCUT2D eigenvalue weighted by atomic mass is 79.9. The zero-order valence-corrected chi connectivity index (χ0v) is 14.8. The first-order chi connectivity index (χ1) is 9.39. The molecule has 1 aliphatic carbocycles. The van der Waals surface area contributed by atoms with E-state index in [1.807, 2.05) is 0 Å². The molecule has 2 unspecified atom stereocenters. The Balaban J connectivity index is 2.09. The fourth-order valence-corrected chi connectivity index (χ4v) is 4.23. The number of hydrogen-bond donors (Lipinski definition) is 1. The van der Waals surface area contributed by atoms with Crippen LogP contribution in [0.2, 0.25) is 0 Å². The molecule has 1 aromatic carbocycles. The van der Waals surface area contributed by atoms with Gasteiger partial charge in [-0.25, -0.2) is 0 Å². The molecule has 20 heavy (non-hydrogen) atoms. The normalized spacial score (nSPS) is 25.4. The van der Waals surface area contributed by atoms with Gasteiger partial charge in [-0.15, -0.1) is 0 Å². The van der Waals surface area contributed by atoms with Crippen molar-refractivity contribution in [1.82, 2.24) is 5.32 Å². The molecule has 1 aliphatic rings. The van der Waals surface area contributed by atoms with Gasteiger partial charge >= 0.3 is 0 Å². The molecule has 1 nitrogen and oxygen atoms in total. The smallest absolute Gasteiger partial charge is 0.0305 e. The topological polar surface area (TPSA) is 12.0 Å². The predicted molar refractivity (Wildman–Crippen MR) is 90.9 cm³/mol. The molecule has 112 valence electrons. The van der Waals surface area contributed by atoms with Crippen molar-refractivity contribution in [2.75, 3.05) is 0 Å². The lowest BCUT2D eigenvalue weighted by Gasteiger charge is -2.42. The zero-order valence-electron chi connectivity index (χ0n) is 13.2. The lowest BCUT2D eigenvalue weighted by molar-refractivity contribution is 0.124. The summed E-state index contributed by atoms with van der Waals surface area (Å²) in [6.45, 7) is 9.46. The predicted octanol–water partition coefficient (Wildman–Crippen LogP) is 5.70. The summed E-state index contributed by atoms with van der Waals surface area (Å²) in [5.74, 6) is 0.779.